The van der Waals surface area contributed by atoms with Crippen LogP contribution in [0.2, 0.25) is 5.02 Å². The Bertz CT molecular complexity index is 858. The summed E-state index contributed by atoms with van der Waals surface area (Å²) in [6.45, 7) is 3.82. The minimum Gasteiger partial charge on any atom is -0.493 e. The molecule has 28 heavy (non-hydrogen) atoms. The van der Waals surface area contributed by atoms with Crippen LogP contribution in [0.5, 0.6) is 23.0 Å². The highest BCUT2D eigenvalue weighted by atomic mass is 35.5. The Morgan fingerprint density at radius 1 is 1.11 bits per heavy atom. The Kier molecular flexibility index (Phi) is 6.71. The number of hydrogen-bond donors (Lipinski definition) is 2. The van der Waals surface area contributed by atoms with Gasteiger partial charge in [-0.3, -0.25) is 4.99 Å². The van der Waals surface area contributed by atoms with Crippen LogP contribution in [0, 0.1) is 0 Å². The van der Waals surface area contributed by atoms with Gasteiger partial charge in [-0.05, 0) is 42.3 Å². The molecule has 1 aliphatic heterocycles. The Morgan fingerprint density at radius 3 is 2.57 bits per heavy atom. The van der Waals surface area contributed by atoms with E-state index in [0.29, 0.717) is 42.2 Å². The van der Waals surface area contributed by atoms with Crippen LogP contribution in [0.25, 0.3) is 0 Å². The van der Waals surface area contributed by atoms with Gasteiger partial charge in [0.05, 0.1) is 18.7 Å². The second-order valence-corrected chi connectivity index (χ2v) is 6.42. The summed E-state index contributed by atoms with van der Waals surface area (Å²) in [5.74, 6) is 3.36. The summed E-state index contributed by atoms with van der Waals surface area (Å²) < 4.78 is 21.7. The quantitative estimate of drug-likeness (QED) is 0.543. The zero-order valence-corrected chi connectivity index (χ0v) is 16.9. The maximum Gasteiger partial charge on any atom is 0.231 e. The van der Waals surface area contributed by atoms with E-state index in [1.54, 1.807) is 14.2 Å². The zero-order chi connectivity index (χ0) is 19.9. The van der Waals surface area contributed by atoms with Gasteiger partial charge in [-0.1, -0.05) is 17.7 Å². The van der Waals surface area contributed by atoms with Crippen LogP contribution in [0.4, 0.5) is 0 Å². The maximum absolute atomic E-state index is 6.33. The van der Waals surface area contributed by atoms with E-state index in [4.69, 9.17) is 30.5 Å². The van der Waals surface area contributed by atoms with Crippen LogP contribution in [0.3, 0.4) is 0 Å². The highest BCUT2D eigenvalue weighted by molar-refractivity contribution is 6.32. The van der Waals surface area contributed by atoms with Crippen molar-refractivity contribution in [3.05, 3.63) is 46.5 Å². The van der Waals surface area contributed by atoms with Crippen LogP contribution < -0.4 is 29.6 Å². The Morgan fingerprint density at radius 2 is 1.86 bits per heavy atom. The highest BCUT2D eigenvalue weighted by Crippen LogP contribution is 2.36. The topological polar surface area (TPSA) is 73.3 Å². The number of nitrogens with one attached hydrogen (secondary N) is 2. The molecule has 0 saturated heterocycles. The molecule has 2 aromatic carbocycles. The van der Waals surface area contributed by atoms with Crippen LogP contribution >= 0.6 is 11.6 Å². The van der Waals surface area contributed by atoms with E-state index >= 15 is 0 Å². The monoisotopic (exact) mass is 405 g/mol. The van der Waals surface area contributed by atoms with Gasteiger partial charge in [0.15, 0.2) is 29.0 Å². The Labute approximate surface area is 169 Å². The number of fused-ring (bicyclic) bond motifs is 1. The summed E-state index contributed by atoms with van der Waals surface area (Å²) in [6.07, 6.45) is 0. The van der Waals surface area contributed by atoms with Gasteiger partial charge in [0.25, 0.3) is 0 Å². The molecule has 0 amide bonds. The van der Waals surface area contributed by atoms with Crippen molar-refractivity contribution in [1.29, 1.82) is 0 Å². The standard InChI is InChI=1S/C20H24ClN3O4/c1-4-26-19-15(21)7-14(9-18(19)25-3)11-24-20(22-2)23-10-13-5-6-16-17(8-13)28-12-27-16/h5-9H,4,10-12H2,1-3H3,(H2,22,23,24). The number of halogens is 1. The lowest BCUT2D eigenvalue weighted by Gasteiger charge is -2.15. The summed E-state index contributed by atoms with van der Waals surface area (Å²) >= 11 is 6.33. The van der Waals surface area contributed by atoms with E-state index in [9.17, 15) is 0 Å². The van der Waals surface area contributed by atoms with E-state index in [2.05, 4.69) is 15.6 Å². The molecule has 8 heteroatoms. The Hall–Kier alpha value is -2.80. The molecule has 3 rings (SSSR count). The van der Waals surface area contributed by atoms with Gasteiger partial charge in [-0.2, -0.15) is 0 Å². The number of rotatable bonds is 7. The summed E-state index contributed by atoms with van der Waals surface area (Å²) in [5, 5.41) is 7.06. The fourth-order valence-corrected chi connectivity index (χ4v) is 3.09. The lowest BCUT2D eigenvalue weighted by Crippen LogP contribution is -2.36. The van der Waals surface area contributed by atoms with E-state index in [-0.39, 0.29) is 6.79 Å². The lowest BCUT2D eigenvalue weighted by molar-refractivity contribution is 0.174. The molecule has 0 fully saturated rings. The molecule has 0 unspecified atom stereocenters. The second-order valence-electron chi connectivity index (χ2n) is 6.01. The molecule has 0 radical (unpaired) electrons. The molecule has 150 valence electrons. The van der Waals surface area contributed by atoms with Gasteiger partial charge in [0, 0.05) is 20.1 Å². The molecule has 0 atom stereocenters. The summed E-state index contributed by atoms with van der Waals surface area (Å²) in [6, 6.07) is 9.61. The van der Waals surface area contributed by atoms with E-state index in [0.717, 1.165) is 22.6 Å². The molecule has 1 aliphatic rings. The molecule has 2 aromatic rings. The number of nitrogens with zero attached hydrogens (tertiary/aromatic N) is 1. The van der Waals surface area contributed by atoms with Crippen molar-refractivity contribution in [2.24, 2.45) is 4.99 Å². The van der Waals surface area contributed by atoms with Crippen molar-refractivity contribution >= 4 is 17.6 Å². The van der Waals surface area contributed by atoms with E-state index < -0.39 is 0 Å². The predicted octanol–water partition coefficient (Wildman–Crippen LogP) is 3.34. The number of hydrogen-bond acceptors (Lipinski definition) is 5. The minimum atomic E-state index is 0.267. The first-order chi connectivity index (χ1) is 13.6. The molecule has 2 N–H and O–H groups in total. The van der Waals surface area contributed by atoms with Crippen molar-refractivity contribution in [1.82, 2.24) is 10.6 Å². The van der Waals surface area contributed by atoms with Gasteiger partial charge in [-0.15, -0.1) is 0 Å². The molecule has 0 aliphatic carbocycles. The molecule has 7 nitrogen and oxygen atoms in total. The fourth-order valence-electron chi connectivity index (χ4n) is 2.80. The molecule has 0 bridgehead atoms. The normalized spacial score (nSPS) is 12.6. The van der Waals surface area contributed by atoms with Gasteiger partial charge in [-0.25, -0.2) is 0 Å². The predicted molar refractivity (Wildman–Crippen MR) is 109 cm³/mol. The third kappa shape index (κ3) is 4.72. The van der Waals surface area contributed by atoms with Crippen LogP contribution in [-0.2, 0) is 13.1 Å². The van der Waals surface area contributed by atoms with Crippen LogP contribution in [0.15, 0.2) is 35.3 Å². The van der Waals surface area contributed by atoms with Crippen molar-refractivity contribution < 1.29 is 18.9 Å². The molecule has 0 spiro atoms. The molecular weight excluding hydrogens is 382 g/mol. The average Bonchev–Trinajstić information content (AvgIpc) is 3.17. The second kappa shape index (κ2) is 9.41. The number of benzene rings is 2. The molecule has 0 saturated carbocycles. The van der Waals surface area contributed by atoms with Gasteiger partial charge < -0.3 is 29.6 Å². The first-order valence-corrected chi connectivity index (χ1v) is 9.34. The third-order valence-corrected chi connectivity index (χ3v) is 4.44. The largest absolute Gasteiger partial charge is 0.493 e. The van der Waals surface area contributed by atoms with Crippen molar-refractivity contribution in [3.8, 4) is 23.0 Å². The van der Waals surface area contributed by atoms with Crippen molar-refractivity contribution in [2.75, 3.05) is 27.6 Å². The smallest absolute Gasteiger partial charge is 0.231 e. The SMILES string of the molecule is CCOc1c(Cl)cc(CNC(=NC)NCc2ccc3c(c2)OCO3)cc1OC. The van der Waals surface area contributed by atoms with Crippen LogP contribution in [0.1, 0.15) is 18.1 Å². The molecular formula is C20H24ClN3O4. The highest BCUT2D eigenvalue weighted by Gasteiger charge is 2.14. The fraction of sp³-hybridized carbons (Fsp3) is 0.350. The average molecular weight is 406 g/mol. The van der Waals surface area contributed by atoms with Crippen molar-refractivity contribution in [3.63, 3.8) is 0 Å². The van der Waals surface area contributed by atoms with Crippen LogP contribution in [-0.4, -0.2) is 33.5 Å². The van der Waals surface area contributed by atoms with Gasteiger partial charge in [0.2, 0.25) is 6.79 Å². The number of ether oxygens (including phenoxy) is 4. The van der Waals surface area contributed by atoms with E-state index in [1.807, 2.05) is 37.3 Å². The summed E-state index contributed by atoms with van der Waals surface area (Å²) in [4.78, 5) is 4.25. The molecule has 0 aromatic heterocycles. The number of guanidine groups is 1. The summed E-state index contributed by atoms with van der Waals surface area (Å²) in [7, 11) is 3.32. The zero-order valence-electron chi connectivity index (χ0n) is 16.2. The number of methoxy groups -OCH3 is 1. The van der Waals surface area contributed by atoms with Crippen molar-refractivity contribution in [2.45, 2.75) is 20.0 Å². The first-order valence-electron chi connectivity index (χ1n) is 8.96. The minimum absolute atomic E-state index is 0.267. The lowest BCUT2D eigenvalue weighted by atomic mass is 10.2. The van der Waals surface area contributed by atoms with Gasteiger partial charge in [0.1, 0.15) is 0 Å². The third-order valence-electron chi connectivity index (χ3n) is 4.16. The Balaban J connectivity index is 1.59. The first kappa shape index (κ1) is 19.9. The summed E-state index contributed by atoms with van der Waals surface area (Å²) in [5.41, 5.74) is 2.02. The maximum atomic E-state index is 6.33. The number of aliphatic imine (C=N–C) groups is 1. The van der Waals surface area contributed by atoms with E-state index in [1.165, 1.54) is 0 Å². The molecule has 1 heterocycles. The van der Waals surface area contributed by atoms with Gasteiger partial charge >= 0.3 is 0 Å².